The van der Waals surface area contributed by atoms with E-state index < -0.39 is 0 Å². The molecule has 0 bridgehead atoms. The van der Waals surface area contributed by atoms with E-state index in [2.05, 4.69) is 21.5 Å². The third-order valence-electron chi connectivity index (χ3n) is 3.64. The van der Waals surface area contributed by atoms with E-state index in [4.69, 9.17) is 10.5 Å². The van der Waals surface area contributed by atoms with Gasteiger partial charge in [0.05, 0.1) is 11.7 Å². The number of hydrogen-bond acceptors (Lipinski definition) is 3. The van der Waals surface area contributed by atoms with Crippen LogP contribution in [0.1, 0.15) is 24.4 Å². The van der Waals surface area contributed by atoms with Crippen molar-refractivity contribution < 1.29 is 4.74 Å². The number of imidazole rings is 1. The second kappa shape index (κ2) is 5.08. The van der Waals surface area contributed by atoms with E-state index in [1.165, 1.54) is 6.42 Å². The van der Waals surface area contributed by atoms with Gasteiger partial charge in [-0.05, 0) is 30.9 Å². The van der Waals surface area contributed by atoms with Gasteiger partial charge in [-0.3, -0.25) is 4.40 Å². The molecule has 18 heavy (non-hydrogen) atoms. The van der Waals surface area contributed by atoms with E-state index in [9.17, 15) is 0 Å². The summed E-state index contributed by atoms with van der Waals surface area (Å²) in [6.45, 7) is 2.31. The standard InChI is InChI=1S/C14H19N3O/c15-8-12-4-1-5-13-9-16-14(17(12)13)7-11-3-2-6-18-10-11/h1,4-5,9,11H,2-3,6-8,10,15H2. The summed E-state index contributed by atoms with van der Waals surface area (Å²) in [4.78, 5) is 4.55. The van der Waals surface area contributed by atoms with Crippen molar-refractivity contribution in [3.05, 3.63) is 35.9 Å². The lowest BCUT2D eigenvalue weighted by molar-refractivity contribution is 0.0542. The Bertz CT molecular complexity index is 529. The summed E-state index contributed by atoms with van der Waals surface area (Å²) in [5.41, 5.74) is 8.06. The van der Waals surface area contributed by atoms with Crippen molar-refractivity contribution in [1.82, 2.24) is 9.38 Å². The number of nitrogens with zero attached hydrogens (tertiary/aromatic N) is 2. The molecule has 1 atom stereocenters. The number of aromatic nitrogens is 2. The molecule has 2 aromatic rings. The minimum Gasteiger partial charge on any atom is -0.381 e. The van der Waals surface area contributed by atoms with Crippen LogP contribution < -0.4 is 5.73 Å². The molecule has 0 amide bonds. The average Bonchev–Trinajstić information content (AvgIpc) is 2.83. The molecule has 0 aliphatic carbocycles. The predicted molar refractivity (Wildman–Crippen MR) is 70.3 cm³/mol. The summed E-state index contributed by atoms with van der Waals surface area (Å²) in [6, 6.07) is 6.18. The van der Waals surface area contributed by atoms with Crippen LogP contribution in [-0.2, 0) is 17.7 Å². The molecule has 96 valence electrons. The van der Waals surface area contributed by atoms with Crippen LogP contribution in [0.4, 0.5) is 0 Å². The number of pyridine rings is 1. The molecule has 3 heterocycles. The van der Waals surface area contributed by atoms with E-state index >= 15 is 0 Å². The van der Waals surface area contributed by atoms with Gasteiger partial charge in [-0.25, -0.2) is 4.98 Å². The SMILES string of the molecule is NCc1cccc2cnc(CC3CCCOC3)n12. The first-order valence-electron chi connectivity index (χ1n) is 6.60. The maximum absolute atomic E-state index is 5.80. The Morgan fingerprint density at radius 3 is 3.17 bits per heavy atom. The smallest absolute Gasteiger partial charge is 0.113 e. The Labute approximate surface area is 107 Å². The maximum Gasteiger partial charge on any atom is 0.113 e. The molecular weight excluding hydrogens is 226 g/mol. The zero-order chi connectivity index (χ0) is 12.4. The van der Waals surface area contributed by atoms with Gasteiger partial charge in [-0.15, -0.1) is 0 Å². The van der Waals surface area contributed by atoms with Crippen molar-refractivity contribution in [2.45, 2.75) is 25.8 Å². The van der Waals surface area contributed by atoms with Crippen LogP contribution in [0.5, 0.6) is 0 Å². The lowest BCUT2D eigenvalue weighted by atomic mass is 9.98. The van der Waals surface area contributed by atoms with Gasteiger partial charge in [0, 0.05) is 31.9 Å². The second-order valence-electron chi connectivity index (χ2n) is 4.94. The van der Waals surface area contributed by atoms with Gasteiger partial charge in [0.2, 0.25) is 0 Å². The van der Waals surface area contributed by atoms with Gasteiger partial charge in [0.1, 0.15) is 5.82 Å². The topological polar surface area (TPSA) is 52.5 Å². The van der Waals surface area contributed by atoms with E-state index in [1.807, 2.05) is 12.3 Å². The molecule has 1 aliphatic rings. The molecule has 2 N–H and O–H groups in total. The highest BCUT2D eigenvalue weighted by Crippen LogP contribution is 2.20. The molecule has 1 saturated heterocycles. The normalized spacial score (nSPS) is 20.4. The number of fused-ring (bicyclic) bond motifs is 1. The van der Waals surface area contributed by atoms with Crippen molar-refractivity contribution in [2.24, 2.45) is 11.7 Å². The van der Waals surface area contributed by atoms with Crippen LogP contribution in [0.2, 0.25) is 0 Å². The molecule has 0 radical (unpaired) electrons. The Morgan fingerprint density at radius 1 is 1.44 bits per heavy atom. The van der Waals surface area contributed by atoms with Crippen molar-refractivity contribution >= 4 is 5.52 Å². The first kappa shape index (κ1) is 11.7. The Balaban J connectivity index is 1.91. The third-order valence-corrected chi connectivity index (χ3v) is 3.64. The first-order valence-corrected chi connectivity index (χ1v) is 6.60. The second-order valence-corrected chi connectivity index (χ2v) is 4.94. The fourth-order valence-electron chi connectivity index (χ4n) is 2.72. The summed E-state index contributed by atoms with van der Waals surface area (Å²) >= 11 is 0. The fourth-order valence-corrected chi connectivity index (χ4v) is 2.72. The molecule has 1 unspecified atom stereocenters. The Hall–Kier alpha value is -1.39. The van der Waals surface area contributed by atoms with Crippen molar-refractivity contribution in [2.75, 3.05) is 13.2 Å². The van der Waals surface area contributed by atoms with Crippen LogP contribution >= 0.6 is 0 Å². The van der Waals surface area contributed by atoms with Crippen molar-refractivity contribution in [3.63, 3.8) is 0 Å². The molecule has 4 heteroatoms. The summed E-state index contributed by atoms with van der Waals surface area (Å²) in [5.74, 6) is 1.71. The van der Waals surface area contributed by atoms with Gasteiger partial charge in [-0.2, -0.15) is 0 Å². The van der Waals surface area contributed by atoms with E-state index in [0.717, 1.165) is 43.1 Å². The maximum atomic E-state index is 5.80. The van der Waals surface area contributed by atoms with Crippen LogP contribution in [0.3, 0.4) is 0 Å². The Kier molecular flexibility index (Phi) is 3.30. The van der Waals surface area contributed by atoms with Gasteiger partial charge < -0.3 is 10.5 Å². The first-order chi connectivity index (χ1) is 8.88. The molecule has 0 saturated carbocycles. The van der Waals surface area contributed by atoms with Crippen LogP contribution in [0, 0.1) is 5.92 Å². The molecule has 2 aromatic heterocycles. The quantitative estimate of drug-likeness (QED) is 0.896. The van der Waals surface area contributed by atoms with Crippen molar-refractivity contribution in [3.8, 4) is 0 Å². The van der Waals surface area contributed by atoms with E-state index in [0.29, 0.717) is 12.5 Å². The Morgan fingerprint density at radius 2 is 2.39 bits per heavy atom. The molecule has 0 spiro atoms. The van der Waals surface area contributed by atoms with Crippen LogP contribution in [0.15, 0.2) is 24.4 Å². The summed E-state index contributed by atoms with van der Waals surface area (Å²) in [5, 5.41) is 0. The van der Waals surface area contributed by atoms with Gasteiger partial charge in [0.15, 0.2) is 0 Å². The van der Waals surface area contributed by atoms with Gasteiger partial charge in [0.25, 0.3) is 0 Å². The van der Waals surface area contributed by atoms with E-state index in [-0.39, 0.29) is 0 Å². The monoisotopic (exact) mass is 245 g/mol. The molecule has 1 aliphatic heterocycles. The zero-order valence-corrected chi connectivity index (χ0v) is 10.5. The fraction of sp³-hybridized carbons (Fsp3) is 0.500. The van der Waals surface area contributed by atoms with Gasteiger partial charge in [-0.1, -0.05) is 6.07 Å². The number of ether oxygens (including phenoxy) is 1. The van der Waals surface area contributed by atoms with Crippen molar-refractivity contribution in [1.29, 1.82) is 0 Å². The lowest BCUT2D eigenvalue weighted by Gasteiger charge is -2.21. The number of nitrogens with two attached hydrogens (primary N) is 1. The number of hydrogen-bond donors (Lipinski definition) is 1. The van der Waals surface area contributed by atoms with E-state index in [1.54, 1.807) is 0 Å². The highest BCUT2D eigenvalue weighted by Gasteiger charge is 2.17. The average molecular weight is 245 g/mol. The molecular formula is C14H19N3O. The minimum absolute atomic E-state index is 0.544. The van der Waals surface area contributed by atoms with Gasteiger partial charge >= 0.3 is 0 Å². The molecule has 4 nitrogen and oxygen atoms in total. The zero-order valence-electron chi connectivity index (χ0n) is 10.5. The highest BCUT2D eigenvalue weighted by molar-refractivity contribution is 5.47. The van der Waals surface area contributed by atoms with Crippen LogP contribution in [0.25, 0.3) is 5.52 Å². The highest BCUT2D eigenvalue weighted by atomic mass is 16.5. The summed E-state index contributed by atoms with van der Waals surface area (Å²) in [7, 11) is 0. The number of rotatable bonds is 3. The van der Waals surface area contributed by atoms with Crippen LogP contribution in [-0.4, -0.2) is 22.6 Å². The molecule has 1 fully saturated rings. The minimum atomic E-state index is 0.544. The summed E-state index contributed by atoms with van der Waals surface area (Å²) in [6.07, 6.45) is 5.31. The molecule has 3 rings (SSSR count). The summed E-state index contributed by atoms with van der Waals surface area (Å²) < 4.78 is 7.73. The largest absolute Gasteiger partial charge is 0.381 e. The molecule has 0 aromatic carbocycles. The third kappa shape index (κ3) is 2.13. The predicted octanol–water partition coefficient (Wildman–Crippen LogP) is 1.76. The lowest BCUT2D eigenvalue weighted by Crippen LogP contribution is -2.20.